The van der Waals surface area contributed by atoms with Crippen LogP contribution in [0, 0.1) is 11.3 Å². The normalized spacial score (nSPS) is 33.3. The van der Waals surface area contributed by atoms with Crippen molar-refractivity contribution in [2.75, 3.05) is 46.9 Å². The summed E-state index contributed by atoms with van der Waals surface area (Å²) in [5.74, 6) is -1.07. The topological polar surface area (TPSA) is 138 Å². The Morgan fingerprint density at radius 2 is 2.05 bits per heavy atom. The molecule has 0 aromatic heterocycles. The quantitative estimate of drug-likeness (QED) is 0.309. The zero-order valence-electron chi connectivity index (χ0n) is 25.3. The van der Waals surface area contributed by atoms with Crippen LogP contribution in [-0.2, 0) is 14.3 Å². The van der Waals surface area contributed by atoms with E-state index < -0.39 is 30.4 Å². The zero-order valence-corrected chi connectivity index (χ0v) is 25.3. The van der Waals surface area contributed by atoms with Gasteiger partial charge in [-0.2, -0.15) is 0 Å². The van der Waals surface area contributed by atoms with Crippen molar-refractivity contribution < 1.29 is 18.7 Å². The Morgan fingerprint density at radius 3 is 2.70 bits per heavy atom. The summed E-state index contributed by atoms with van der Waals surface area (Å²) >= 11 is 0. The van der Waals surface area contributed by atoms with Crippen molar-refractivity contribution in [2.45, 2.75) is 109 Å². The average molecular weight is 568 g/mol. The van der Waals surface area contributed by atoms with Gasteiger partial charge in [0, 0.05) is 45.5 Å². The van der Waals surface area contributed by atoms with Crippen molar-refractivity contribution in [3.63, 3.8) is 0 Å². The van der Waals surface area contributed by atoms with Gasteiger partial charge in [-0.25, -0.2) is 4.39 Å². The largest absolute Gasteiger partial charge is 0.366 e. The van der Waals surface area contributed by atoms with Crippen LogP contribution in [0.5, 0.6) is 0 Å². The number of likely N-dealkylation sites (N-methyl/N-ethyl adjacent to an activating group) is 1. The number of nitrogens with one attached hydrogen (secondary N) is 2. The molecule has 3 aliphatic rings. The van der Waals surface area contributed by atoms with Gasteiger partial charge in [-0.15, -0.1) is 0 Å². The first-order valence-electron chi connectivity index (χ1n) is 15.3. The number of alkyl halides is 1. The van der Waals surface area contributed by atoms with Crippen LogP contribution in [0.25, 0.3) is 0 Å². The van der Waals surface area contributed by atoms with Crippen molar-refractivity contribution in [3.8, 4) is 0 Å². The molecule has 0 aliphatic carbocycles. The number of aliphatic imine (C=N–C) groups is 1. The third kappa shape index (κ3) is 8.44. The number of carbonyl (C=O) groups is 2. The van der Waals surface area contributed by atoms with Gasteiger partial charge >= 0.3 is 0 Å². The monoisotopic (exact) mass is 567 g/mol. The number of morpholine rings is 1. The Balaban J connectivity index is 1.84. The number of piperidine rings is 1. The van der Waals surface area contributed by atoms with Crippen molar-refractivity contribution in [1.82, 2.24) is 20.4 Å². The number of hydrogen-bond acceptors (Lipinski definition) is 8. The summed E-state index contributed by atoms with van der Waals surface area (Å²) in [7, 11) is 3.46. The molecule has 40 heavy (non-hydrogen) atoms. The smallest absolute Gasteiger partial charge is 0.252 e. The third-order valence-electron chi connectivity index (χ3n) is 9.18. The van der Waals surface area contributed by atoms with Crippen molar-refractivity contribution in [1.29, 1.82) is 0 Å². The lowest BCUT2D eigenvalue weighted by molar-refractivity contribution is -0.149. The number of carbonyl (C=O) groups excluding carboxylic acids is 2. The molecule has 6 N–H and O–H groups in total. The van der Waals surface area contributed by atoms with Gasteiger partial charge in [-0.3, -0.25) is 19.5 Å². The van der Waals surface area contributed by atoms with E-state index in [9.17, 15) is 9.59 Å². The zero-order chi connectivity index (χ0) is 29.4. The second-order valence-corrected chi connectivity index (χ2v) is 12.5. The molecule has 11 heteroatoms. The van der Waals surface area contributed by atoms with Gasteiger partial charge in [0.1, 0.15) is 12.3 Å². The number of ether oxygens (including phenoxy) is 1. The Hall–Kier alpha value is -1.66. The fourth-order valence-corrected chi connectivity index (χ4v) is 6.55. The molecule has 0 saturated carbocycles. The highest BCUT2D eigenvalue weighted by molar-refractivity contribution is 5.89. The molecule has 3 aliphatic heterocycles. The number of amides is 2. The first-order valence-corrected chi connectivity index (χ1v) is 15.3. The maximum absolute atomic E-state index is 15.3. The van der Waals surface area contributed by atoms with Crippen LogP contribution in [-0.4, -0.2) is 111 Å². The van der Waals surface area contributed by atoms with E-state index in [1.165, 1.54) is 0 Å². The van der Waals surface area contributed by atoms with E-state index in [-0.39, 0.29) is 29.3 Å². The maximum atomic E-state index is 15.3. The van der Waals surface area contributed by atoms with Crippen LogP contribution in [0.4, 0.5) is 4.39 Å². The van der Waals surface area contributed by atoms with Crippen LogP contribution < -0.4 is 22.1 Å². The highest BCUT2D eigenvalue weighted by Gasteiger charge is 2.41. The first kappa shape index (κ1) is 32.8. The number of hydrogen-bond donors (Lipinski definition) is 4. The minimum absolute atomic E-state index is 0.0389. The molecular weight excluding hydrogens is 513 g/mol. The van der Waals surface area contributed by atoms with Crippen molar-refractivity contribution in [2.24, 2.45) is 27.8 Å². The van der Waals surface area contributed by atoms with Gasteiger partial charge in [0.15, 0.2) is 0 Å². The molecule has 0 radical (unpaired) electrons. The summed E-state index contributed by atoms with van der Waals surface area (Å²) in [5.41, 5.74) is 13.1. The van der Waals surface area contributed by atoms with E-state index in [4.69, 9.17) is 21.2 Å². The van der Waals surface area contributed by atoms with Gasteiger partial charge in [-0.05, 0) is 50.5 Å². The summed E-state index contributed by atoms with van der Waals surface area (Å²) in [5, 5.41) is 6.66. The lowest BCUT2D eigenvalue weighted by atomic mass is 9.74. The summed E-state index contributed by atoms with van der Waals surface area (Å²) in [6.07, 6.45) is 3.28. The standard InChI is InChI=1S/C29H54FN7O3/c1-6-9-20-19(30)10-8-12-29(3,7-2)16-21(34-20)25(26(31)32)27(38)35-22-17-33-13-11-23(22)37-14-15-40-24(18-37)28(39)36(4)5/h19,21-26,33H,6-18,31-32H2,1-5H3,(H,35,38). The predicted molar refractivity (Wildman–Crippen MR) is 157 cm³/mol. The number of nitrogens with two attached hydrogens (primary N) is 2. The number of rotatable bonds is 9. The molecule has 7 unspecified atom stereocenters. The molecule has 0 aromatic carbocycles. The van der Waals surface area contributed by atoms with Crippen molar-refractivity contribution in [3.05, 3.63) is 0 Å². The van der Waals surface area contributed by atoms with Gasteiger partial charge in [0.05, 0.1) is 30.8 Å². The molecule has 3 heterocycles. The van der Waals surface area contributed by atoms with E-state index in [1.807, 2.05) is 6.92 Å². The van der Waals surface area contributed by atoms with E-state index in [2.05, 4.69) is 29.4 Å². The van der Waals surface area contributed by atoms with Crippen LogP contribution in [0.3, 0.4) is 0 Å². The molecule has 0 bridgehead atoms. The minimum Gasteiger partial charge on any atom is -0.366 e. The predicted octanol–water partition coefficient (Wildman–Crippen LogP) is 1.42. The third-order valence-corrected chi connectivity index (χ3v) is 9.18. The van der Waals surface area contributed by atoms with Gasteiger partial charge in [0.2, 0.25) is 5.91 Å². The minimum atomic E-state index is -1.11. The molecule has 0 aromatic rings. The molecule has 0 spiro atoms. The Kier molecular flexibility index (Phi) is 12.3. The second-order valence-electron chi connectivity index (χ2n) is 12.5. The Morgan fingerprint density at radius 1 is 1.30 bits per heavy atom. The summed E-state index contributed by atoms with van der Waals surface area (Å²) < 4.78 is 21.0. The maximum Gasteiger partial charge on any atom is 0.252 e. The van der Waals surface area contributed by atoms with Crippen molar-refractivity contribution >= 4 is 17.5 Å². The molecular formula is C29H54FN7O3. The first-order chi connectivity index (χ1) is 19.0. The fourth-order valence-electron chi connectivity index (χ4n) is 6.55. The van der Waals surface area contributed by atoms with E-state index in [0.717, 1.165) is 38.6 Å². The summed E-state index contributed by atoms with van der Waals surface area (Å²) in [4.78, 5) is 35.4. The van der Waals surface area contributed by atoms with Crippen LogP contribution in [0.2, 0.25) is 0 Å². The van der Waals surface area contributed by atoms with Gasteiger partial charge < -0.3 is 31.7 Å². The Labute approximate surface area is 240 Å². The van der Waals surface area contributed by atoms with Crippen LogP contribution in [0.1, 0.15) is 72.1 Å². The Bertz CT molecular complexity index is 873. The lowest BCUT2D eigenvalue weighted by Gasteiger charge is -2.44. The molecule has 2 amide bonds. The number of nitrogens with zero attached hydrogens (tertiary/aromatic N) is 3. The SMILES string of the molecule is CCCC1=NC(C(C(=O)NC2CNCCC2N2CCOC(C(=O)N(C)C)C2)C(N)N)CC(C)(CC)CCCC1F. The lowest BCUT2D eigenvalue weighted by Crippen LogP contribution is -2.65. The van der Waals surface area contributed by atoms with E-state index in [1.54, 1.807) is 19.0 Å². The van der Waals surface area contributed by atoms with Gasteiger partial charge in [-0.1, -0.05) is 33.6 Å². The molecule has 7 atom stereocenters. The molecule has 10 nitrogen and oxygen atoms in total. The van der Waals surface area contributed by atoms with Crippen LogP contribution >= 0.6 is 0 Å². The number of halogens is 1. The second kappa shape index (κ2) is 15.0. The summed E-state index contributed by atoms with van der Waals surface area (Å²) in [6.45, 7) is 9.41. The van der Waals surface area contributed by atoms with E-state index >= 15 is 4.39 Å². The van der Waals surface area contributed by atoms with Gasteiger partial charge in [0.25, 0.3) is 5.91 Å². The highest BCUT2D eigenvalue weighted by atomic mass is 19.1. The molecule has 2 saturated heterocycles. The molecule has 2 fully saturated rings. The van der Waals surface area contributed by atoms with Crippen LogP contribution in [0.15, 0.2) is 4.99 Å². The highest BCUT2D eigenvalue weighted by Crippen LogP contribution is 2.38. The summed E-state index contributed by atoms with van der Waals surface area (Å²) in [6, 6.07) is -0.655. The average Bonchev–Trinajstić information content (AvgIpc) is 2.97. The fraction of sp³-hybridized carbons (Fsp3) is 0.897. The molecule has 230 valence electrons. The molecule has 3 rings (SSSR count). The van der Waals surface area contributed by atoms with E-state index in [0.29, 0.717) is 51.2 Å².